The van der Waals surface area contributed by atoms with E-state index in [1.807, 2.05) is 24.3 Å². The van der Waals surface area contributed by atoms with Crippen LogP contribution in [-0.4, -0.2) is 44.8 Å². The lowest BCUT2D eigenvalue weighted by atomic mass is 9.98. The van der Waals surface area contributed by atoms with Gasteiger partial charge in [-0.05, 0) is 62.1 Å². The normalized spacial score (nSPS) is 19.8. The molecule has 0 radical (unpaired) electrons. The van der Waals surface area contributed by atoms with Gasteiger partial charge in [-0.25, -0.2) is 12.7 Å². The van der Waals surface area contributed by atoms with Crippen LogP contribution in [0.15, 0.2) is 42.5 Å². The average molecular weight is 496 g/mol. The molecule has 0 saturated carbocycles. The number of amides is 1. The smallest absolute Gasteiger partial charge is 0.228 e. The van der Waals surface area contributed by atoms with Crippen molar-refractivity contribution in [3.8, 4) is 0 Å². The van der Waals surface area contributed by atoms with E-state index in [2.05, 4.69) is 10.2 Å². The number of rotatable bonds is 6. The maximum atomic E-state index is 13.0. The van der Waals surface area contributed by atoms with Crippen molar-refractivity contribution in [1.82, 2.24) is 4.31 Å². The predicted octanol–water partition coefficient (Wildman–Crippen LogP) is 4.77. The highest BCUT2D eigenvalue weighted by molar-refractivity contribution is 7.88. The third-order valence-electron chi connectivity index (χ3n) is 6.14. The molecule has 0 spiro atoms. The fraction of sp³-hybridized carbons (Fsp3) is 0.435. The number of halogens is 2. The second kappa shape index (κ2) is 10.00. The molecule has 1 N–H and O–H groups in total. The number of piperidine rings is 1. The first-order valence-electron chi connectivity index (χ1n) is 10.9. The first-order chi connectivity index (χ1) is 15.3. The zero-order chi connectivity index (χ0) is 22.7. The van der Waals surface area contributed by atoms with Gasteiger partial charge < -0.3 is 10.2 Å². The zero-order valence-corrected chi connectivity index (χ0v) is 20.1. The molecule has 6 nitrogen and oxygen atoms in total. The van der Waals surface area contributed by atoms with E-state index < -0.39 is 15.9 Å². The molecule has 1 atom stereocenters. The Balaban J connectivity index is 1.39. The first-order valence-corrected chi connectivity index (χ1v) is 13.3. The summed E-state index contributed by atoms with van der Waals surface area (Å²) in [7, 11) is -3.66. The minimum Gasteiger partial charge on any atom is -0.372 e. The number of nitrogens with one attached hydrogen (secondary N) is 1. The molecule has 1 unspecified atom stereocenters. The van der Waals surface area contributed by atoms with Crippen molar-refractivity contribution < 1.29 is 13.2 Å². The Bertz CT molecular complexity index is 1050. The van der Waals surface area contributed by atoms with Crippen molar-refractivity contribution in [2.24, 2.45) is 5.92 Å². The van der Waals surface area contributed by atoms with Gasteiger partial charge in [0.15, 0.2) is 0 Å². The molecule has 9 heteroatoms. The molecule has 0 bridgehead atoms. The van der Waals surface area contributed by atoms with Crippen LogP contribution in [-0.2, 0) is 20.6 Å². The molecule has 2 aliphatic heterocycles. The maximum absolute atomic E-state index is 13.0. The van der Waals surface area contributed by atoms with Crippen molar-refractivity contribution in [2.75, 3.05) is 36.4 Å². The minimum absolute atomic E-state index is 0.155. The number of nitrogens with zero attached hydrogens (tertiary/aromatic N) is 2. The molecule has 2 aliphatic rings. The van der Waals surface area contributed by atoms with E-state index in [0.29, 0.717) is 35.0 Å². The van der Waals surface area contributed by atoms with Gasteiger partial charge in [0.2, 0.25) is 15.9 Å². The van der Waals surface area contributed by atoms with E-state index in [0.717, 1.165) is 24.5 Å². The maximum Gasteiger partial charge on any atom is 0.228 e. The van der Waals surface area contributed by atoms with Crippen LogP contribution >= 0.6 is 23.2 Å². The number of sulfonamides is 1. The number of benzene rings is 2. The third-order valence-corrected chi connectivity index (χ3v) is 8.62. The van der Waals surface area contributed by atoms with Crippen molar-refractivity contribution in [1.29, 1.82) is 0 Å². The second-order valence-electron chi connectivity index (χ2n) is 8.38. The van der Waals surface area contributed by atoms with Crippen molar-refractivity contribution in [2.45, 2.75) is 31.4 Å². The van der Waals surface area contributed by atoms with Crippen molar-refractivity contribution in [3.63, 3.8) is 0 Å². The van der Waals surface area contributed by atoms with Gasteiger partial charge in [0.1, 0.15) is 0 Å². The van der Waals surface area contributed by atoms with Crippen LogP contribution in [0.2, 0.25) is 10.0 Å². The van der Waals surface area contributed by atoms with E-state index in [1.54, 1.807) is 18.2 Å². The predicted molar refractivity (Wildman–Crippen MR) is 130 cm³/mol. The molecule has 2 aromatic carbocycles. The fourth-order valence-corrected chi connectivity index (χ4v) is 6.69. The average Bonchev–Trinajstić information content (AvgIpc) is 3.32. The van der Waals surface area contributed by atoms with Crippen LogP contribution < -0.4 is 10.2 Å². The van der Waals surface area contributed by atoms with Crippen LogP contribution in [0.1, 0.15) is 31.2 Å². The Morgan fingerprint density at radius 1 is 0.969 bits per heavy atom. The Labute approximate surface area is 199 Å². The Hall–Kier alpha value is -1.80. The standard InChI is InChI=1S/C23H27Cl2N3O3S/c24-21-6-3-7-22(25)20(21)16-32(30,31)28-14-4-5-17(15-28)23(29)26-18-8-10-19(11-9-18)27-12-1-2-13-27/h3,6-11,17H,1-2,4-5,12-16H2,(H,26,29). The molecule has 0 aromatic heterocycles. The van der Waals surface area contributed by atoms with E-state index in [4.69, 9.17) is 23.2 Å². The first kappa shape index (κ1) is 23.4. The van der Waals surface area contributed by atoms with E-state index in [1.165, 1.54) is 17.1 Å². The molecule has 0 aliphatic carbocycles. The third kappa shape index (κ3) is 5.39. The van der Waals surface area contributed by atoms with Gasteiger partial charge in [0.05, 0.1) is 11.7 Å². The van der Waals surface area contributed by atoms with Crippen LogP contribution in [0.25, 0.3) is 0 Å². The number of hydrogen-bond donors (Lipinski definition) is 1. The lowest BCUT2D eigenvalue weighted by Crippen LogP contribution is -2.44. The van der Waals surface area contributed by atoms with Crippen molar-refractivity contribution in [3.05, 3.63) is 58.1 Å². The monoisotopic (exact) mass is 495 g/mol. The summed E-state index contributed by atoms with van der Waals surface area (Å²) in [4.78, 5) is 15.2. The summed E-state index contributed by atoms with van der Waals surface area (Å²) < 4.78 is 27.4. The topological polar surface area (TPSA) is 69.7 Å². The van der Waals surface area contributed by atoms with E-state index >= 15 is 0 Å². The Kier molecular flexibility index (Phi) is 7.30. The zero-order valence-electron chi connectivity index (χ0n) is 17.8. The molecule has 2 saturated heterocycles. The minimum atomic E-state index is -3.66. The molecule has 2 aromatic rings. The molecule has 2 fully saturated rings. The Morgan fingerprint density at radius 3 is 2.28 bits per heavy atom. The van der Waals surface area contributed by atoms with Crippen molar-refractivity contribution >= 4 is 50.5 Å². The summed E-state index contributed by atoms with van der Waals surface area (Å²) in [5.74, 6) is -0.842. The molecular formula is C23H27Cl2N3O3S. The number of anilines is 2. The van der Waals surface area contributed by atoms with E-state index in [-0.39, 0.29) is 18.2 Å². The molecule has 2 heterocycles. The SMILES string of the molecule is O=C(Nc1ccc(N2CCCC2)cc1)C1CCCN(S(=O)(=O)Cc2c(Cl)cccc2Cl)C1. The quantitative estimate of drug-likeness (QED) is 0.626. The van der Waals surface area contributed by atoms with Gasteiger partial charge in [-0.2, -0.15) is 0 Å². The summed E-state index contributed by atoms with van der Waals surface area (Å²) in [6.45, 7) is 2.68. The molecule has 4 rings (SSSR count). The summed E-state index contributed by atoms with van der Waals surface area (Å²) in [6.07, 6.45) is 3.70. The molecule has 1 amide bonds. The molecule has 32 heavy (non-hydrogen) atoms. The Morgan fingerprint density at radius 2 is 1.62 bits per heavy atom. The van der Waals surface area contributed by atoms with Gasteiger partial charge >= 0.3 is 0 Å². The van der Waals surface area contributed by atoms with Gasteiger partial charge in [-0.15, -0.1) is 0 Å². The summed E-state index contributed by atoms with van der Waals surface area (Å²) >= 11 is 12.3. The summed E-state index contributed by atoms with van der Waals surface area (Å²) in [5.41, 5.74) is 2.27. The summed E-state index contributed by atoms with van der Waals surface area (Å²) in [6, 6.07) is 12.8. The highest BCUT2D eigenvalue weighted by atomic mass is 35.5. The van der Waals surface area contributed by atoms with Crippen LogP contribution in [0.3, 0.4) is 0 Å². The lowest BCUT2D eigenvalue weighted by molar-refractivity contribution is -0.120. The van der Waals surface area contributed by atoms with Crippen LogP contribution in [0.4, 0.5) is 11.4 Å². The number of carbonyl (C=O) groups is 1. The lowest BCUT2D eigenvalue weighted by Gasteiger charge is -2.31. The van der Waals surface area contributed by atoms with E-state index in [9.17, 15) is 13.2 Å². The highest BCUT2D eigenvalue weighted by Crippen LogP contribution is 2.29. The van der Waals surface area contributed by atoms with Gasteiger partial charge in [0, 0.05) is 53.2 Å². The number of carbonyl (C=O) groups excluding carboxylic acids is 1. The van der Waals surface area contributed by atoms with Gasteiger partial charge in [-0.1, -0.05) is 29.3 Å². The second-order valence-corrected chi connectivity index (χ2v) is 11.2. The van der Waals surface area contributed by atoms with Crippen LogP contribution in [0.5, 0.6) is 0 Å². The molecule has 172 valence electrons. The van der Waals surface area contributed by atoms with Gasteiger partial charge in [-0.3, -0.25) is 4.79 Å². The van der Waals surface area contributed by atoms with Gasteiger partial charge in [0.25, 0.3) is 0 Å². The molecular weight excluding hydrogens is 469 g/mol. The summed E-state index contributed by atoms with van der Waals surface area (Å²) in [5, 5.41) is 3.60. The fourth-order valence-electron chi connectivity index (χ4n) is 4.33. The largest absolute Gasteiger partial charge is 0.372 e. The highest BCUT2D eigenvalue weighted by Gasteiger charge is 2.33. The van der Waals surface area contributed by atoms with Crippen LogP contribution in [0, 0.1) is 5.92 Å². The number of hydrogen-bond acceptors (Lipinski definition) is 4.